The highest BCUT2D eigenvalue weighted by atomic mass is 35.5. The van der Waals surface area contributed by atoms with Gasteiger partial charge in [-0.05, 0) is 42.5 Å². The van der Waals surface area contributed by atoms with Gasteiger partial charge < -0.3 is 20.1 Å². The lowest BCUT2D eigenvalue weighted by molar-refractivity contribution is 0.171. The van der Waals surface area contributed by atoms with Gasteiger partial charge in [0.2, 0.25) is 5.95 Å². The average Bonchev–Trinajstić information content (AvgIpc) is 2.64. The fraction of sp³-hybridized carbons (Fsp3) is 0.111. The molecule has 3 aromatic rings. The van der Waals surface area contributed by atoms with Gasteiger partial charge in [-0.3, -0.25) is 0 Å². The van der Waals surface area contributed by atoms with Crippen molar-refractivity contribution in [1.29, 1.82) is 0 Å². The van der Waals surface area contributed by atoms with Crippen molar-refractivity contribution in [3.8, 4) is 11.5 Å². The molecule has 0 spiro atoms. The van der Waals surface area contributed by atoms with Crippen molar-refractivity contribution >= 4 is 34.7 Å². The molecule has 7 heteroatoms. The Balaban J connectivity index is 1.50. The van der Waals surface area contributed by atoms with Gasteiger partial charge in [-0.15, -0.1) is 0 Å². The molecule has 0 bridgehead atoms. The van der Waals surface area contributed by atoms with Gasteiger partial charge in [-0.25, -0.2) is 4.98 Å². The molecular weight excluding hydrogens is 340 g/mol. The van der Waals surface area contributed by atoms with E-state index < -0.39 is 0 Å². The molecule has 2 heterocycles. The van der Waals surface area contributed by atoms with Gasteiger partial charge in [0.15, 0.2) is 11.5 Å². The normalized spacial score (nSPS) is 12.5. The van der Waals surface area contributed by atoms with Crippen LogP contribution in [0.15, 0.2) is 54.7 Å². The predicted octanol–water partition coefficient (Wildman–Crippen LogP) is 4.39. The summed E-state index contributed by atoms with van der Waals surface area (Å²) in [4.78, 5) is 8.69. The third-order valence-electron chi connectivity index (χ3n) is 3.57. The number of halogens is 1. The Kier molecular flexibility index (Phi) is 4.26. The van der Waals surface area contributed by atoms with Gasteiger partial charge in [0, 0.05) is 28.7 Å². The zero-order valence-electron chi connectivity index (χ0n) is 13.2. The molecular formula is C18H15ClN4O2. The first kappa shape index (κ1) is 15.5. The maximum Gasteiger partial charge on any atom is 0.229 e. The smallest absolute Gasteiger partial charge is 0.229 e. The van der Waals surface area contributed by atoms with Gasteiger partial charge in [-0.2, -0.15) is 4.98 Å². The number of ether oxygens (including phenoxy) is 2. The first-order valence-corrected chi connectivity index (χ1v) is 8.16. The molecule has 1 aromatic heterocycles. The third-order valence-corrected chi connectivity index (χ3v) is 3.82. The molecule has 0 atom stereocenters. The number of hydrogen-bond acceptors (Lipinski definition) is 6. The van der Waals surface area contributed by atoms with Gasteiger partial charge in [-0.1, -0.05) is 11.6 Å². The highest BCUT2D eigenvalue weighted by molar-refractivity contribution is 6.30. The molecule has 0 saturated heterocycles. The van der Waals surface area contributed by atoms with E-state index in [0.717, 1.165) is 22.9 Å². The molecule has 0 radical (unpaired) electrons. The second-order valence-electron chi connectivity index (χ2n) is 5.38. The van der Waals surface area contributed by atoms with Crippen LogP contribution in [-0.2, 0) is 0 Å². The highest BCUT2D eigenvalue weighted by Gasteiger charge is 2.12. The monoisotopic (exact) mass is 354 g/mol. The second kappa shape index (κ2) is 6.86. The maximum atomic E-state index is 5.89. The molecule has 0 amide bonds. The Morgan fingerprint density at radius 3 is 2.44 bits per heavy atom. The van der Waals surface area contributed by atoms with Crippen LogP contribution in [0.3, 0.4) is 0 Å². The predicted molar refractivity (Wildman–Crippen MR) is 97.5 cm³/mol. The lowest BCUT2D eigenvalue weighted by Crippen LogP contribution is -2.15. The summed E-state index contributed by atoms with van der Waals surface area (Å²) < 4.78 is 11.1. The number of nitrogens with zero attached hydrogens (tertiary/aromatic N) is 2. The van der Waals surface area contributed by atoms with E-state index in [0.29, 0.717) is 30.0 Å². The number of hydrogen-bond donors (Lipinski definition) is 2. The molecule has 6 nitrogen and oxygen atoms in total. The average molecular weight is 355 g/mol. The summed E-state index contributed by atoms with van der Waals surface area (Å²) in [6, 6.07) is 14.8. The standard InChI is InChI=1S/C18H15ClN4O2/c19-12-1-3-13(4-2-12)22-18-20-8-7-17(23-18)21-14-5-6-15-16(11-14)25-10-9-24-15/h1-8,11H,9-10H2,(H2,20,21,22,23). The number of anilines is 4. The lowest BCUT2D eigenvalue weighted by Gasteiger charge is -2.19. The summed E-state index contributed by atoms with van der Waals surface area (Å²) in [6.45, 7) is 1.13. The zero-order valence-corrected chi connectivity index (χ0v) is 14.0. The number of rotatable bonds is 4. The minimum Gasteiger partial charge on any atom is -0.486 e. The zero-order chi connectivity index (χ0) is 17.1. The van der Waals surface area contributed by atoms with Crippen LogP contribution in [0.25, 0.3) is 0 Å². The Labute approximate surface area is 149 Å². The Hall–Kier alpha value is -2.99. The molecule has 126 valence electrons. The number of fused-ring (bicyclic) bond motifs is 1. The van der Waals surface area contributed by atoms with Gasteiger partial charge in [0.05, 0.1) is 0 Å². The molecule has 0 fully saturated rings. The van der Waals surface area contributed by atoms with Crippen molar-refractivity contribution < 1.29 is 9.47 Å². The first-order chi connectivity index (χ1) is 12.3. The van der Waals surface area contributed by atoms with Crippen LogP contribution in [0.1, 0.15) is 0 Å². The van der Waals surface area contributed by atoms with Crippen LogP contribution in [-0.4, -0.2) is 23.2 Å². The molecule has 2 aromatic carbocycles. The van der Waals surface area contributed by atoms with Crippen LogP contribution >= 0.6 is 11.6 Å². The van der Waals surface area contributed by atoms with Crippen LogP contribution in [0.2, 0.25) is 5.02 Å². The van der Waals surface area contributed by atoms with E-state index in [-0.39, 0.29) is 0 Å². The summed E-state index contributed by atoms with van der Waals surface area (Å²) >= 11 is 5.89. The van der Waals surface area contributed by atoms with Crippen LogP contribution in [0.5, 0.6) is 11.5 Å². The largest absolute Gasteiger partial charge is 0.486 e. The van der Waals surface area contributed by atoms with E-state index in [4.69, 9.17) is 21.1 Å². The molecule has 0 unspecified atom stereocenters. The summed E-state index contributed by atoms with van der Waals surface area (Å²) in [7, 11) is 0. The quantitative estimate of drug-likeness (QED) is 0.724. The number of benzene rings is 2. The van der Waals surface area contributed by atoms with Crippen LogP contribution in [0.4, 0.5) is 23.1 Å². The molecule has 1 aliphatic rings. The van der Waals surface area contributed by atoms with Gasteiger partial charge in [0.1, 0.15) is 19.0 Å². The molecule has 1 aliphatic heterocycles. The van der Waals surface area contributed by atoms with Crippen molar-refractivity contribution in [2.24, 2.45) is 0 Å². The van der Waals surface area contributed by atoms with Gasteiger partial charge >= 0.3 is 0 Å². The molecule has 25 heavy (non-hydrogen) atoms. The fourth-order valence-corrected chi connectivity index (χ4v) is 2.55. The Morgan fingerprint density at radius 2 is 1.60 bits per heavy atom. The molecule has 4 rings (SSSR count). The van der Waals surface area contributed by atoms with Gasteiger partial charge in [0.25, 0.3) is 0 Å². The fourth-order valence-electron chi connectivity index (χ4n) is 2.42. The van der Waals surface area contributed by atoms with Crippen molar-refractivity contribution in [1.82, 2.24) is 9.97 Å². The maximum absolute atomic E-state index is 5.89. The summed E-state index contributed by atoms with van der Waals surface area (Å²) in [5.41, 5.74) is 1.72. The minimum absolute atomic E-state index is 0.491. The molecule has 2 N–H and O–H groups in total. The Morgan fingerprint density at radius 1 is 0.840 bits per heavy atom. The van der Waals surface area contributed by atoms with E-state index in [1.54, 1.807) is 24.4 Å². The van der Waals surface area contributed by atoms with E-state index >= 15 is 0 Å². The SMILES string of the molecule is Clc1ccc(Nc2nccc(Nc3ccc4c(c3)OCCO4)n2)cc1. The van der Waals surface area contributed by atoms with Crippen LogP contribution in [0, 0.1) is 0 Å². The summed E-state index contributed by atoms with van der Waals surface area (Å²) in [6.07, 6.45) is 1.69. The summed E-state index contributed by atoms with van der Waals surface area (Å²) in [5.74, 6) is 2.64. The summed E-state index contributed by atoms with van der Waals surface area (Å²) in [5, 5.41) is 7.06. The first-order valence-electron chi connectivity index (χ1n) is 7.79. The van der Waals surface area contributed by atoms with E-state index in [1.807, 2.05) is 30.3 Å². The molecule has 0 aliphatic carbocycles. The number of nitrogens with one attached hydrogen (secondary N) is 2. The number of aromatic nitrogens is 2. The molecule has 0 saturated carbocycles. The van der Waals surface area contributed by atoms with Crippen molar-refractivity contribution in [3.05, 3.63) is 59.8 Å². The third kappa shape index (κ3) is 3.75. The topological polar surface area (TPSA) is 68.3 Å². The lowest BCUT2D eigenvalue weighted by atomic mass is 10.2. The van der Waals surface area contributed by atoms with E-state index in [1.165, 1.54) is 0 Å². The van der Waals surface area contributed by atoms with Crippen molar-refractivity contribution in [3.63, 3.8) is 0 Å². The second-order valence-corrected chi connectivity index (χ2v) is 5.82. The van der Waals surface area contributed by atoms with E-state index in [9.17, 15) is 0 Å². The van der Waals surface area contributed by atoms with Crippen molar-refractivity contribution in [2.75, 3.05) is 23.8 Å². The van der Waals surface area contributed by atoms with E-state index in [2.05, 4.69) is 20.6 Å². The highest BCUT2D eigenvalue weighted by Crippen LogP contribution is 2.33. The van der Waals surface area contributed by atoms with Crippen LogP contribution < -0.4 is 20.1 Å². The Bertz CT molecular complexity index is 886. The minimum atomic E-state index is 0.491. The van der Waals surface area contributed by atoms with Crippen molar-refractivity contribution in [2.45, 2.75) is 0 Å².